The van der Waals surface area contributed by atoms with Gasteiger partial charge in [-0.2, -0.15) is 0 Å². The van der Waals surface area contributed by atoms with E-state index in [1.165, 1.54) is 25.8 Å². The summed E-state index contributed by atoms with van der Waals surface area (Å²) in [6.45, 7) is 5.47. The molecule has 2 aliphatic rings. The van der Waals surface area contributed by atoms with Gasteiger partial charge in [-0.3, -0.25) is 0 Å². The topological polar surface area (TPSA) is 29.9 Å². The Kier molecular flexibility index (Phi) is 3.50. The van der Waals surface area contributed by atoms with Crippen molar-refractivity contribution in [3.8, 4) is 0 Å². The lowest BCUT2D eigenvalue weighted by atomic mass is 9.94. The quantitative estimate of drug-likeness (QED) is 0.616. The lowest BCUT2D eigenvalue weighted by Crippen LogP contribution is -2.26. The van der Waals surface area contributed by atoms with Crippen molar-refractivity contribution in [2.45, 2.75) is 32.7 Å². The number of allylic oxidation sites excluding steroid dienone is 2. The van der Waals surface area contributed by atoms with E-state index in [2.05, 4.69) is 40.1 Å². The minimum absolute atomic E-state index is 0.874. The molecule has 3 heteroatoms. The Labute approximate surface area is 109 Å². The van der Waals surface area contributed by atoms with Gasteiger partial charge in [0.15, 0.2) is 0 Å². The molecule has 2 bridgehead atoms. The Hall–Kier alpha value is -1.09. The molecule has 1 aromatic heterocycles. The molecule has 1 fully saturated rings. The van der Waals surface area contributed by atoms with Crippen molar-refractivity contribution in [3.05, 3.63) is 30.4 Å². The van der Waals surface area contributed by atoms with Crippen molar-refractivity contribution in [1.29, 1.82) is 0 Å². The standard InChI is InChI=1S/C15H23N3/c1-12-17-6-8-18(12)7-2-5-16-11-15-10-13-3-4-14(15)9-13/h3-4,6,8,13-16H,2,5,7,9-11H2,1H3. The van der Waals surface area contributed by atoms with Crippen LogP contribution in [0.4, 0.5) is 0 Å². The summed E-state index contributed by atoms with van der Waals surface area (Å²) >= 11 is 0. The molecule has 3 atom stereocenters. The van der Waals surface area contributed by atoms with Crippen LogP contribution in [0.15, 0.2) is 24.5 Å². The van der Waals surface area contributed by atoms with Crippen LogP contribution in [0.3, 0.4) is 0 Å². The van der Waals surface area contributed by atoms with Gasteiger partial charge in [-0.25, -0.2) is 4.98 Å². The molecule has 18 heavy (non-hydrogen) atoms. The fourth-order valence-electron chi connectivity index (χ4n) is 3.43. The van der Waals surface area contributed by atoms with Crippen molar-refractivity contribution in [1.82, 2.24) is 14.9 Å². The highest BCUT2D eigenvalue weighted by Crippen LogP contribution is 2.42. The number of imidazole rings is 1. The first kappa shape index (κ1) is 12.0. The second kappa shape index (κ2) is 5.27. The SMILES string of the molecule is Cc1nccn1CCCNCC1CC2C=CC1C2. The largest absolute Gasteiger partial charge is 0.335 e. The highest BCUT2D eigenvalue weighted by molar-refractivity contribution is 5.10. The maximum atomic E-state index is 4.24. The van der Waals surface area contributed by atoms with Crippen molar-refractivity contribution in [3.63, 3.8) is 0 Å². The van der Waals surface area contributed by atoms with Crippen LogP contribution in [0.5, 0.6) is 0 Å². The Morgan fingerprint density at radius 2 is 2.33 bits per heavy atom. The van der Waals surface area contributed by atoms with E-state index < -0.39 is 0 Å². The lowest BCUT2D eigenvalue weighted by molar-refractivity contribution is 0.409. The van der Waals surface area contributed by atoms with Gasteiger partial charge in [0, 0.05) is 18.9 Å². The third-order valence-electron chi connectivity index (χ3n) is 4.50. The summed E-state index contributed by atoms with van der Waals surface area (Å²) in [5.74, 6) is 3.79. The second-order valence-electron chi connectivity index (χ2n) is 5.77. The van der Waals surface area contributed by atoms with E-state index in [0.29, 0.717) is 0 Å². The van der Waals surface area contributed by atoms with E-state index in [4.69, 9.17) is 0 Å². The Morgan fingerprint density at radius 1 is 1.39 bits per heavy atom. The molecule has 0 aliphatic heterocycles. The molecule has 0 radical (unpaired) electrons. The highest BCUT2D eigenvalue weighted by atomic mass is 15.1. The van der Waals surface area contributed by atoms with Crippen molar-refractivity contribution in [2.75, 3.05) is 13.1 Å². The first-order chi connectivity index (χ1) is 8.83. The van der Waals surface area contributed by atoms with Gasteiger partial charge >= 0.3 is 0 Å². The van der Waals surface area contributed by atoms with Crippen LogP contribution in [0.2, 0.25) is 0 Å². The number of aryl methyl sites for hydroxylation is 2. The molecular weight excluding hydrogens is 222 g/mol. The zero-order valence-electron chi connectivity index (χ0n) is 11.2. The maximum Gasteiger partial charge on any atom is 0.105 e. The van der Waals surface area contributed by atoms with E-state index in [9.17, 15) is 0 Å². The predicted octanol–water partition coefficient (Wildman–Crippen LogP) is 2.38. The second-order valence-corrected chi connectivity index (χ2v) is 5.77. The van der Waals surface area contributed by atoms with Crippen LogP contribution in [0, 0.1) is 24.7 Å². The van der Waals surface area contributed by atoms with E-state index in [1.807, 2.05) is 6.20 Å². The van der Waals surface area contributed by atoms with Gasteiger partial charge < -0.3 is 9.88 Å². The average Bonchev–Trinajstić information content (AvgIpc) is 3.06. The van der Waals surface area contributed by atoms with Crippen LogP contribution in [0.25, 0.3) is 0 Å². The molecule has 3 rings (SSSR count). The fourth-order valence-corrected chi connectivity index (χ4v) is 3.43. The van der Waals surface area contributed by atoms with Crippen LogP contribution in [0.1, 0.15) is 25.1 Å². The third kappa shape index (κ3) is 2.51. The Morgan fingerprint density at radius 3 is 3.00 bits per heavy atom. The van der Waals surface area contributed by atoms with Crippen LogP contribution >= 0.6 is 0 Å². The van der Waals surface area contributed by atoms with E-state index in [0.717, 1.165) is 36.7 Å². The van der Waals surface area contributed by atoms with Gasteiger partial charge in [0.25, 0.3) is 0 Å². The Balaban J connectivity index is 1.32. The van der Waals surface area contributed by atoms with Gasteiger partial charge in [-0.15, -0.1) is 0 Å². The summed E-state index contributed by atoms with van der Waals surface area (Å²) in [4.78, 5) is 4.24. The van der Waals surface area contributed by atoms with E-state index in [1.54, 1.807) is 0 Å². The highest BCUT2D eigenvalue weighted by Gasteiger charge is 2.34. The molecule has 0 aromatic carbocycles. The molecule has 0 amide bonds. The van der Waals surface area contributed by atoms with Gasteiger partial charge in [0.1, 0.15) is 5.82 Å². The molecular formula is C15H23N3. The minimum Gasteiger partial charge on any atom is -0.335 e. The van der Waals surface area contributed by atoms with Crippen molar-refractivity contribution in [2.24, 2.45) is 17.8 Å². The van der Waals surface area contributed by atoms with E-state index >= 15 is 0 Å². The smallest absolute Gasteiger partial charge is 0.105 e. The van der Waals surface area contributed by atoms with Gasteiger partial charge in [0.2, 0.25) is 0 Å². The lowest BCUT2D eigenvalue weighted by Gasteiger charge is -2.18. The van der Waals surface area contributed by atoms with Crippen molar-refractivity contribution >= 4 is 0 Å². The summed E-state index contributed by atoms with van der Waals surface area (Å²) in [7, 11) is 0. The van der Waals surface area contributed by atoms with E-state index in [-0.39, 0.29) is 0 Å². The third-order valence-corrected chi connectivity index (χ3v) is 4.50. The van der Waals surface area contributed by atoms with Crippen LogP contribution < -0.4 is 5.32 Å². The summed E-state index contributed by atoms with van der Waals surface area (Å²) in [6.07, 6.45) is 12.8. The van der Waals surface area contributed by atoms with Gasteiger partial charge in [-0.05, 0) is 57.0 Å². The first-order valence-electron chi connectivity index (χ1n) is 7.19. The van der Waals surface area contributed by atoms with Gasteiger partial charge in [-0.1, -0.05) is 12.2 Å². The predicted molar refractivity (Wildman–Crippen MR) is 73.3 cm³/mol. The molecule has 1 heterocycles. The summed E-state index contributed by atoms with van der Waals surface area (Å²) in [5, 5.41) is 3.63. The molecule has 1 N–H and O–H groups in total. The normalized spacial score (nSPS) is 29.3. The molecule has 0 saturated heterocycles. The number of rotatable bonds is 6. The number of hydrogen-bond donors (Lipinski definition) is 1. The number of hydrogen-bond acceptors (Lipinski definition) is 2. The molecule has 1 saturated carbocycles. The van der Waals surface area contributed by atoms with Crippen LogP contribution in [-0.4, -0.2) is 22.6 Å². The molecule has 0 spiro atoms. The number of fused-ring (bicyclic) bond motifs is 2. The fraction of sp³-hybridized carbons (Fsp3) is 0.667. The van der Waals surface area contributed by atoms with Crippen molar-refractivity contribution < 1.29 is 0 Å². The summed E-state index contributed by atoms with van der Waals surface area (Å²) in [5.41, 5.74) is 0. The van der Waals surface area contributed by atoms with Gasteiger partial charge in [0.05, 0.1) is 0 Å². The molecule has 98 valence electrons. The molecule has 2 aliphatic carbocycles. The number of nitrogens with one attached hydrogen (secondary N) is 1. The van der Waals surface area contributed by atoms with Crippen LogP contribution in [-0.2, 0) is 6.54 Å². The molecule has 3 nitrogen and oxygen atoms in total. The summed E-state index contributed by atoms with van der Waals surface area (Å²) < 4.78 is 2.22. The molecule has 1 aromatic rings. The zero-order valence-corrected chi connectivity index (χ0v) is 11.2. The number of aromatic nitrogens is 2. The Bertz CT molecular complexity index is 421. The minimum atomic E-state index is 0.874. The molecule has 3 unspecified atom stereocenters. The number of nitrogens with zero attached hydrogens (tertiary/aromatic N) is 2. The summed E-state index contributed by atoms with van der Waals surface area (Å²) in [6, 6.07) is 0. The first-order valence-corrected chi connectivity index (χ1v) is 7.19. The zero-order chi connectivity index (χ0) is 12.4. The average molecular weight is 245 g/mol. The maximum absolute atomic E-state index is 4.24. The monoisotopic (exact) mass is 245 g/mol.